The number of hydrogen-bond donors (Lipinski definition) is 2. The zero-order valence-corrected chi connectivity index (χ0v) is 15.6. The second-order valence-corrected chi connectivity index (χ2v) is 6.99. The van der Waals surface area contributed by atoms with Gasteiger partial charge in [0.1, 0.15) is 5.75 Å². The van der Waals surface area contributed by atoms with Crippen LogP contribution < -0.4 is 5.32 Å². The van der Waals surface area contributed by atoms with Crippen molar-refractivity contribution in [2.45, 2.75) is 12.1 Å². The van der Waals surface area contributed by atoms with Crippen molar-refractivity contribution in [1.82, 2.24) is 10.2 Å². The van der Waals surface area contributed by atoms with Crippen LogP contribution in [0.4, 0.5) is 5.69 Å². The van der Waals surface area contributed by atoms with E-state index in [2.05, 4.69) is 31.4 Å². The van der Waals surface area contributed by atoms with Gasteiger partial charge in [0.05, 0.1) is 17.0 Å². The van der Waals surface area contributed by atoms with Gasteiger partial charge in [0.25, 0.3) is 11.1 Å². The Hall–Kier alpha value is -2.32. The first-order valence-electron chi connectivity index (χ1n) is 7.33. The van der Waals surface area contributed by atoms with Crippen LogP contribution in [0.25, 0.3) is 11.5 Å². The molecule has 2 aromatic carbocycles. The van der Waals surface area contributed by atoms with Gasteiger partial charge in [0, 0.05) is 4.47 Å². The van der Waals surface area contributed by atoms with Crippen LogP contribution in [0.5, 0.6) is 5.75 Å². The van der Waals surface area contributed by atoms with Gasteiger partial charge in [-0.3, -0.25) is 4.79 Å². The summed E-state index contributed by atoms with van der Waals surface area (Å²) in [5.74, 6) is 0.215. The molecule has 25 heavy (non-hydrogen) atoms. The van der Waals surface area contributed by atoms with E-state index in [1.165, 1.54) is 0 Å². The van der Waals surface area contributed by atoms with Crippen molar-refractivity contribution in [3.8, 4) is 17.2 Å². The lowest BCUT2D eigenvalue weighted by molar-refractivity contribution is -0.113. The smallest absolute Gasteiger partial charge is 0.277 e. The number of carbonyl (C=O) groups is 1. The molecule has 0 spiro atoms. The highest BCUT2D eigenvalue weighted by molar-refractivity contribution is 9.10. The largest absolute Gasteiger partial charge is 0.507 e. The van der Waals surface area contributed by atoms with Gasteiger partial charge >= 0.3 is 0 Å². The molecule has 1 amide bonds. The Bertz CT molecular complexity index is 914. The lowest BCUT2D eigenvalue weighted by atomic mass is 10.2. The fraction of sp³-hybridized carbons (Fsp3) is 0.118. The summed E-state index contributed by atoms with van der Waals surface area (Å²) >= 11 is 4.55. The molecule has 0 aliphatic carbocycles. The molecule has 1 aromatic heterocycles. The summed E-state index contributed by atoms with van der Waals surface area (Å²) in [6.07, 6.45) is 0. The van der Waals surface area contributed by atoms with Crippen molar-refractivity contribution in [2.75, 3.05) is 11.1 Å². The molecule has 6 nitrogen and oxygen atoms in total. The number of aromatic nitrogens is 2. The molecule has 2 N–H and O–H groups in total. The molecule has 0 saturated heterocycles. The summed E-state index contributed by atoms with van der Waals surface area (Å²) < 4.78 is 6.31. The molecule has 3 aromatic rings. The van der Waals surface area contributed by atoms with E-state index in [-0.39, 0.29) is 28.5 Å². The van der Waals surface area contributed by atoms with Crippen LogP contribution in [-0.2, 0) is 4.79 Å². The van der Waals surface area contributed by atoms with E-state index in [1.54, 1.807) is 24.3 Å². The van der Waals surface area contributed by atoms with E-state index in [1.807, 2.05) is 25.1 Å². The van der Waals surface area contributed by atoms with Crippen LogP contribution in [0.2, 0.25) is 0 Å². The number of amides is 1. The van der Waals surface area contributed by atoms with Gasteiger partial charge in [-0.05, 0) is 52.7 Å². The number of phenols is 1. The highest BCUT2D eigenvalue weighted by Gasteiger charge is 2.14. The Kier molecular flexibility index (Phi) is 5.40. The standard InChI is InChI=1S/C17H14BrN3O3S/c1-10-6-7-13(12(18)8-10)19-15(23)9-25-17-21-20-16(24-17)11-4-2-3-5-14(11)22/h2-8,22H,9H2,1H3,(H,19,23). The average molecular weight is 420 g/mol. The van der Waals surface area contributed by atoms with E-state index in [0.717, 1.165) is 21.8 Å². The predicted octanol–water partition coefficient (Wildman–Crippen LogP) is 4.24. The number of nitrogens with one attached hydrogen (secondary N) is 1. The number of rotatable bonds is 5. The van der Waals surface area contributed by atoms with Gasteiger partial charge in [0.15, 0.2) is 0 Å². The number of para-hydroxylation sites is 1. The Morgan fingerprint density at radius 1 is 1.28 bits per heavy atom. The van der Waals surface area contributed by atoms with Gasteiger partial charge < -0.3 is 14.8 Å². The van der Waals surface area contributed by atoms with Crippen LogP contribution in [0.3, 0.4) is 0 Å². The van der Waals surface area contributed by atoms with Gasteiger partial charge in [-0.15, -0.1) is 10.2 Å². The van der Waals surface area contributed by atoms with Crippen molar-refractivity contribution >= 4 is 39.3 Å². The molecule has 0 fully saturated rings. The van der Waals surface area contributed by atoms with Crippen LogP contribution in [0.15, 0.2) is 56.6 Å². The normalized spacial score (nSPS) is 10.6. The predicted molar refractivity (Wildman–Crippen MR) is 99.6 cm³/mol. The minimum Gasteiger partial charge on any atom is -0.507 e. The summed E-state index contributed by atoms with van der Waals surface area (Å²) in [5, 5.41) is 20.7. The van der Waals surface area contributed by atoms with Crippen LogP contribution in [0, 0.1) is 6.92 Å². The molecule has 0 saturated carbocycles. The number of nitrogens with zero attached hydrogens (tertiary/aromatic N) is 2. The maximum Gasteiger partial charge on any atom is 0.277 e. The van der Waals surface area contributed by atoms with Crippen molar-refractivity contribution in [1.29, 1.82) is 0 Å². The van der Waals surface area contributed by atoms with Gasteiger partial charge in [0.2, 0.25) is 5.91 Å². The Balaban J connectivity index is 1.60. The molecular weight excluding hydrogens is 406 g/mol. The summed E-state index contributed by atoms with van der Waals surface area (Å²) in [6, 6.07) is 12.4. The lowest BCUT2D eigenvalue weighted by Gasteiger charge is -2.07. The molecular formula is C17H14BrN3O3S. The number of carbonyl (C=O) groups excluding carboxylic acids is 1. The first-order valence-corrected chi connectivity index (χ1v) is 9.11. The highest BCUT2D eigenvalue weighted by atomic mass is 79.9. The highest BCUT2D eigenvalue weighted by Crippen LogP contribution is 2.29. The van der Waals surface area contributed by atoms with Crippen molar-refractivity contribution < 1.29 is 14.3 Å². The summed E-state index contributed by atoms with van der Waals surface area (Å²) in [6.45, 7) is 1.98. The molecule has 0 atom stereocenters. The molecule has 3 rings (SSSR count). The third-order valence-corrected chi connectivity index (χ3v) is 4.74. The van der Waals surface area contributed by atoms with Crippen molar-refractivity contribution in [3.63, 3.8) is 0 Å². The topological polar surface area (TPSA) is 88.2 Å². The quantitative estimate of drug-likeness (QED) is 0.601. The number of aromatic hydroxyl groups is 1. The molecule has 1 heterocycles. The van der Waals surface area contributed by atoms with Gasteiger partial charge in [-0.2, -0.15) is 0 Å². The van der Waals surface area contributed by atoms with Gasteiger partial charge in [-0.25, -0.2) is 0 Å². The van der Waals surface area contributed by atoms with Crippen LogP contribution in [-0.4, -0.2) is 27.0 Å². The zero-order chi connectivity index (χ0) is 17.8. The SMILES string of the molecule is Cc1ccc(NC(=O)CSc2nnc(-c3ccccc3O)o2)c(Br)c1. The fourth-order valence-electron chi connectivity index (χ4n) is 2.07. The number of phenolic OH excluding ortho intramolecular Hbond substituents is 1. The molecule has 0 aliphatic heterocycles. The second-order valence-electron chi connectivity index (χ2n) is 5.21. The maximum absolute atomic E-state index is 12.1. The maximum atomic E-state index is 12.1. The Morgan fingerprint density at radius 2 is 2.08 bits per heavy atom. The summed E-state index contributed by atoms with van der Waals surface area (Å²) in [7, 11) is 0. The van der Waals surface area contributed by atoms with Crippen molar-refractivity contribution in [3.05, 3.63) is 52.5 Å². The molecule has 128 valence electrons. The number of thioether (sulfide) groups is 1. The van der Waals surface area contributed by atoms with Crippen molar-refractivity contribution in [2.24, 2.45) is 0 Å². The average Bonchev–Trinajstić information content (AvgIpc) is 3.05. The number of aryl methyl sites for hydroxylation is 1. The molecule has 0 unspecified atom stereocenters. The minimum atomic E-state index is -0.183. The molecule has 0 aliphatic rings. The fourth-order valence-corrected chi connectivity index (χ4v) is 3.22. The third-order valence-electron chi connectivity index (χ3n) is 3.27. The summed E-state index contributed by atoms with van der Waals surface area (Å²) in [4.78, 5) is 12.1. The monoisotopic (exact) mass is 419 g/mol. The van der Waals surface area contributed by atoms with Crippen LogP contribution >= 0.6 is 27.7 Å². The summed E-state index contributed by atoms with van der Waals surface area (Å²) in [5.41, 5.74) is 2.26. The van der Waals surface area contributed by atoms with Gasteiger partial charge in [-0.1, -0.05) is 30.0 Å². The Labute approximate surface area is 156 Å². The van der Waals surface area contributed by atoms with E-state index in [4.69, 9.17) is 4.42 Å². The first-order chi connectivity index (χ1) is 12.0. The van der Waals surface area contributed by atoms with E-state index in [0.29, 0.717) is 11.3 Å². The number of anilines is 1. The van der Waals surface area contributed by atoms with E-state index < -0.39 is 0 Å². The molecule has 0 radical (unpaired) electrons. The Morgan fingerprint density at radius 3 is 2.84 bits per heavy atom. The number of benzene rings is 2. The first kappa shape index (κ1) is 17.5. The van der Waals surface area contributed by atoms with E-state index >= 15 is 0 Å². The molecule has 8 heteroatoms. The lowest BCUT2D eigenvalue weighted by Crippen LogP contribution is -2.14. The number of hydrogen-bond acceptors (Lipinski definition) is 6. The number of halogens is 1. The third kappa shape index (κ3) is 4.40. The van der Waals surface area contributed by atoms with Crippen LogP contribution in [0.1, 0.15) is 5.56 Å². The minimum absolute atomic E-state index is 0.0599. The van der Waals surface area contributed by atoms with E-state index in [9.17, 15) is 9.90 Å². The zero-order valence-electron chi connectivity index (χ0n) is 13.2. The second kappa shape index (κ2) is 7.71. The molecule has 0 bridgehead atoms.